The molecule has 0 amide bonds. The van der Waals surface area contributed by atoms with Crippen LogP contribution in [0.1, 0.15) is 6.92 Å². The van der Waals surface area contributed by atoms with E-state index in [1.54, 1.807) is 0 Å². The predicted octanol–water partition coefficient (Wildman–Crippen LogP) is 1.52. The number of rotatable bonds is 0. The molecule has 3 nitrogen and oxygen atoms in total. The molecule has 0 saturated carbocycles. The van der Waals surface area contributed by atoms with Gasteiger partial charge in [-0.05, 0) is 0 Å². The fraction of sp³-hybridized carbons (Fsp3) is 0.500. The van der Waals surface area contributed by atoms with E-state index >= 15 is 0 Å². The predicted molar refractivity (Wildman–Crippen MR) is 40.1 cm³/mol. The lowest BCUT2D eigenvalue weighted by Gasteiger charge is -1.59. The maximum absolute atomic E-state index is 9.00. The van der Waals surface area contributed by atoms with Gasteiger partial charge in [-0.2, -0.15) is 0 Å². The third kappa shape index (κ3) is 1970. The lowest BCUT2D eigenvalue weighted by atomic mass is 10.9. The fourth-order valence-electron chi connectivity index (χ4n) is 0. The van der Waals surface area contributed by atoms with Gasteiger partial charge in [0, 0.05) is 6.92 Å². The van der Waals surface area contributed by atoms with Gasteiger partial charge in [0.15, 0.2) is 0 Å². The highest BCUT2D eigenvalue weighted by molar-refractivity contribution is 5.86. The number of hydrogen-bond donors (Lipinski definition) is 2. The smallest absolute Gasteiger partial charge is 0.300 e. The van der Waals surface area contributed by atoms with Crippen molar-refractivity contribution in [2.75, 3.05) is 0 Å². The van der Waals surface area contributed by atoms with Crippen molar-refractivity contribution in [2.24, 2.45) is 0 Å². The van der Waals surface area contributed by atoms with Crippen LogP contribution in [-0.4, -0.2) is 11.1 Å². The van der Waals surface area contributed by atoms with E-state index in [-0.39, 0.29) is 43.4 Å². The molecule has 0 saturated heterocycles. The zero-order valence-corrected chi connectivity index (χ0v) is 6.74. The Bertz CT molecular complexity index is 38.3. The molecule has 0 aliphatic rings. The summed E-state index contributed by atoms with van der Waals surface area (Å²) < 4.78 is 0. The van der Waals surface area contributed by atoms with Crippen LogP contribution in [0.3, 0.4) is 0 Å². The minimum atomic E-state index is -0.833. The molecule has 4 N–H and O–H groups in total. The molecule has 0 atom stereocenters. The van der Waals surface area contributed by atoms with E-state index in [0.29, 0.717) is 0 Å². The van der Waals surface area contributed by atoms with Crippen LogP contribution < -0.4 is 6.15 Å². The quantitative estimate of drug-likeness (QED) is 0.602. The van der Waals surface area contributed by atoms with Crippen LogP contribution in [0.25, 0.3) is 0 Å². The summed E-state index contributed by atoms with van der Waals surface area (Å²) in [4.78, 5) is 9.00. The van der Waals surface area contributed by atoms with Crippen LogP contribution in [0.2, 0.25) is 0 Å². The number of halogens is 3. The zero-order valence-electron chi connectivity index (χ0n) is 4.29. The maximum atomic E-state index is 9.00. The molecular formula is C2H10Cl3NO2. The number of carboxylic acids is 1. The molecule has 0 aromatic heterocycles. The first-order chi connectivity index (χ1) is 1.73. The van der Waals surface area contributed by atoms with Crippen LogP contribution in [0.5, 0.6) is 0 Å². The second kappa shape index (κ2) is 26.6. The van der Waals surface area contributed by atoms with Crippen molar-refractivity contribution < 1.29 is 9.90 Å². The van der Waals surface area contributed by atoms with Crippen LogP contribution in [-0.2, 0) is 4.79 Å². The summed E-state index contributed by atoms with van der Waals surface area (Å²) in [6.45, 7) is 1.08. The summed E-state index contributed by atoms with van der Waals surface area (Å²) in [6, 6.07) is 0. The third-order valence-corrected chi connectivity index (χ3v) is 0. The molecule has 0 aromatic rings. The van der Waals surface area contributed by atoms with Crippen LogP contribution in [0.15, 0.2) is 0 Å². The fourth-order valence-corrected chi connectivity index (χ4v) is 0. The first kappa shape index (κ1) is 40.6. The second-order valence-electron chi connectivity index (χ2n) is 0.519. The summed E-state index contributed by atoms with van der Waals surface area (Å²) in [7, 11) is 0. The largest absolute Gasteiger partial charge is 0.481 e. The van der Waals surface area contributed by atoms with E-state index in [4.69, 9.17) is 9.90 Å². The van der Waals surface area contributed by atoms with Crippen molar-refractivity contribution in [2.45, 2.75) is 6.92 Å². The van der Waals surface area contributed by atoms with E-state index in [1.807, 2.05) is 0 Å². The average molecular weight is 186 g/mol. The third-order valence-electron chi connectivity index (χ3n) is 0. The molecule has 0 aromatic carbocycles. The number of aliphatic carboxylic acids is 1. The average Bonchev–Trinajstić information content (AvgIpc) is 0.811. The molecule has 0 rings (SSSR count). The Morgan fingerprint density at radius 1 is 1.25 bits per heavy atom. The van der Waals surface area contributed by atoms with Gasteiger partial charge < -0.3 is 11.3 Å². The summed E-state index contributed by atoms with van der Waals surface area (Å²) in [5.74, 6) is -0.833. The van der Waals surface area contributed by atoms with Gasteiger partial charge in [0.25, 0.3) is 5.97 Å². The minimum Gasteiger partial charge on any atom is -0.481 e. The van der Waals surface area contributed by atoms with E-state index < -0.39 is 5.97 Å². The van der Waals surface area contributed by atoms with Gasteiger partial charge in [0.1, 0.15) is 0 Å². The van der Waals surface area contributed by atoms with E-state index in [1.165, 1.54) is 0 Å². The lowest BCUT2D eigenvalue weighted by molar-refractivity contribution is -0.134. The summed E-state index contributed by atoms with van der Waals surface area (Å²) in [5.41, 5.74) is 0. The van der Waals surface area contributed by atoms with Crippen LogP contribution in [0, 0.1) is 0 Å². The maximum Gasteiger partial charge on any atom is 0.300 e. The van der Waals surface area contributed by atoms with E-state index in [2.05, 4.69) is 0 Å². The monoisotopic (exact) mass is 185 g/mol. The Balaban J connectivity index is -0.00000000750. The van der Waals surface area contributed by atoms with Crippen LogP contribution in [0.4, 0.5) is 0 Å². The molecule has 56 valence electrons. The van der Waals surface area contributed by atoms with Gasteiger partial charge in [-0.25, -0.2) is 0 Å². The van der Waals surface area contributed by atoms with E-state index in [0.717, 1.165) is 6.92 Å². The molecule has 0 fully saturated rings. The molecular weight excluding hydrogens is 176 g/mol. The molecule has 0 bridgehead atoms. The molecule has 6 heteroatoms. The Labute approximate surface area is 66.7 Å². The standard InChI is InChI=1S/C2H4O2.3ClH.H3N/c1-2(3)4;;;;/h1H3,(H,3,4);3*1H;1H3. The first-order valence-corrected chi connectivity index (χ1v) is 0.928. The molecule has 0 heterocycles. The van der Waals surface area contributed by atoms with Gasteiger partial charge in [0.05, 0.1) is 0 Å². The van der Waals surface area contributed by atoms with Gasteiger partial charge >= 0.3 is 0 Å². The van der Waals surface area contributed by atoms with Crippen molar-refractivity contribution >= 4 is 43.2 Å². The first-order valence-electron chi connectivity index (χ1n) is 0.928. The zero-order chi connectivity index (χ0) is 3.58. The van der Waals surface area contributed by atoms with Crippen molar-refractivity contribution in [1.82, 2.24) is 6.15 Å². The van der Waals surface area contributed by atoms with Gasteiger partial charge in [-0.3, -0.25) is 4.79 Å². The SMILES string of the molecule is CC(=O)O.Cl.Cl.Cl.N. The molecule has 0 unspecified atom stereocenters. The number of carboxylic acid groups (broad SMARTS) is 1. The van der Waals surface area contributed by atoms with Crippen molar-refractivity contribution in [1.29, 1.82) is 0 Å². The van der Waals surface area contributed by atoms with E-state index in [9.17, 15) is 0 Å². The minimum absolute atomic E-state index is 0. The van der Waals surface area contributed by atoms with Crippen molar-refractivity contribution in [3.05, 3.63) is 0 Å². The summed E-state index contributed by atoms with van der Waals surface area (Å²) in [6.07, 6.45) is 0. The summed E-state index contributed by atoms with van der Waals surface area (Å²) >= 11 is 0. The molecule has 0 spiro atoms. The Morgan fingerprint density at radius 3 is 1.25 bits per heavy atom. The van der Waals surface area contributed by atoms with Crippen molar-refractivity contribution in [3.63, 3.8) is 0 Å². The second-order valence-corrected chi connectivity index (χ2v) is 0.519. The summed E-state index contributed by atoms with van der Waals surface area (Å²) in [5, 5.41) is 7.42. The van der Waals surface area contributed by atoms with Gasteiger partial charge in [0.2, 0.25) is 0 Å². The number of hydrogen-bond acceptors (Lipinski definition) is 2. The van der Waals surface area contributed by atoms with Gasteiger partial charge in [-0.15, -0.1) is 37.2 Å². The molecule has 0 aliphatic heterocycles. The highest BCUT2D eigenvalue weighted by Gasteiger charge is 1.65. The highest BCUT2D eigenvalue weighted by atomic mass is 35.5. The molecule has 0 radical (unpaired) electrons. The Hall–Kier alpha value is 0.300. The Morgan fingerprint density at radius 2 is 1.25 bits per heavy atom. The van der Waals surface area contributed by atoms with Gasteiger partial charge in [-0.1, -0.05) is 0 Å². The van der Waals surface area contributed by atoms with Crippen LogP contribution >= 0.6 is 37.2 Å². The number of carbonyl (C=O) groups is 1. The molecule has 8 heavy (non-hydrogen) atoms. The highest BCUT2D eigenvalue weighted by Crippen LogP contribution is 1.42. The van der Waals surface area contributed by atoms with Crippen molar-refractivity contribution in [3.8, 4) is 0 Å². The topological polar surface area (TPSA) is 72.3 Å². The Kier molecular flexibility index (Phi) is 135. The lowest BCUT2D eigenvalue weighted by Crippen LogP contribution is -1.78. The molecule has 0 aliphatic carbocycles. The normalized spacial score (nSPS) is 3.12.